The van der Waals surface area contributed by atoms with E-state index in [1.165, 1.54) is 24.5 Å². The number of nitrogens with one attached hydrogen (secondary N) is 1. The lowest BCUT2D eigenvalue weighted by Crippen LogP contribution is -2.20. The van der Waals surface area contributed by atoms with Gasteiger partial charge in [-0.1, -0.05) is 0 Å². The van der Waals surface area contributed by atoms with Gasteiger partial charge in [0.25, 0.3) is 11.6 Å². The van der Waals surface area contributed by atoms with E-state index in [2.05, 4.69) is 31.2 Å². The van der Waals surface area contributed by atoms with Crippen molar-refractivity contribution in [2.75, 3.05) is 11.9 Å². The molecule has 3 rings (SSSR count). The number of amides is 1. The lowest BCUT2D eigenvalue weighted by Gasteiger charge is -2.09. The van der Waals surface area contributed by atoms with Crippen molar-refractivity contribution in [2.45, 2.75) is 13.8 Å². The van der Waals surface area contributed by atoms with Gasteiger partial charge in [-0.05, 0) is 41.4 Å². The number of carbonyl (C=O) groups is 1. The quantitative estimate of drug-likeness (QED) is 0.478. The standard InChI is InChI=1S/C16H13BrN4O4S/c1-8-9(2)26-16-14(8)15(18-7-19-16)25-6-13(22)20-12-4-3-10(21(23)24)5-11(12)17/h3-5,7H,6H2,1-2H3,(H,20,22). The van der Waals surface area contributed by atoms with Gasteiger partial charge in [0.15, 0.2) is 6.61 Å². The zero-order chi connectivity index (χ0) is 18.8. The lowest BCUT2D eigenvalue weighted by molar-refractivity contribution is -0.384. The summed E-state index contributed by atoms with van der Waals surface area (Å²) in [5.41, 5.74) is 1.37. The average molecular weight is 437 g/mol. The van der Waals surface area contributed by atoms with Crippen LogP contribution in [0.5, 0.6) is 5.88 Å². The van der Waals surface area contributed by atoms with Crippen LogP contribution in [-0.2, 0) is 4.79 Å². The minimum Gasteiger partial charge on any atom is -0.467 e. The van der Waals surface area contributed by atoms with Gasteiger partial charge in [0.2, 0.25) is 5.88 Å². The highest BCUT2D eigenvalue weighted by atomic mass is 79.9. The van der Waals surface area contributed by atoms with Crippen molar-refractivity contribution in [2.24, 2.45) is 0 Å². The maximum atomic E-state index is 12.2. The van der Waals surface area contributed by atoms with E-state index in [1.807, 2.05) is 13.8 Å². The molecule has 0 unspecified atom stereocenters. The Morgan fingerprint density at radius 1 is 1.38 bits per heavy atom. The molecule has 134 valence electrons. The molecule has 0 spiro atoms. The first-order valence-electron chi connectivity index (χ1n) is 7.44. The Bertz CT molecular complexity index is 1020. The molecule has 3 aromatic rings. The molecule has 2 aromatic heterocycles. The number of nitro benzene ring substituents is 1. The van der Waals surface area contributed by atoms with Gasteiger partial charge in [-0.25, -0.2) is 9.97 Å². The van der Waals surface area contributed by atoms with Crippen LogP contribution in [0.3, 0.4) is 0 Å². The van der Waals surface area contributed by atoms with Crippen molar-refractivity contribution in [3.8, 4) is 5.88 Å². The number of aromatic nitrogens is 2. The molecule has 2 heterocycles. The van der Waals surface area contributed by atoms with Crippen LogP contribution in [0.25, 0.3) is 10.2 Å². The summed E-state index contributed by atoms with van der Waals surface area (Å²) in [5, 5.41) is 14.2. The van der Waals surface area contributed by atoms with E-state index in [0.29, 0.717) is 16.0 Å². The first kappa shape index (κ1) is 18.2. The molecule has 1 aromatic carbocycles. The second-order valence-electron chi connectivity index (χ2n) is 5.40. The van der Waals surface area contributed by atoms with Crippen molar-refractivity contribution in [1.29, 1.82) is 0 Å². The molecule has 0 fully saturated rings. The number of halogens is 1. The highest BCUT2D eigenvalue weighted by molar-refractivity contribution is 9.10. The SMILES string of the molecule is Cc1sc2ncnc(OCC(=O)Nc3ccc([N+](=O)[O-])cc3Br)c2c1C. The summed E-state index contributed by atoms with van der Waals surface area (Å²) in [7, 11) is 0. The number of aryl methyl sites for hydroxylation is 2. The number of hydrogen-bond acceptors (Lipinski definition) is 7. The maximum absolute atomic E-state index is 12.2. The fraction of sp³-hybridized carbons (Fsp3) is 0.188. The molecule has 8 nitrogen and oxygen atoms in total. The lowest BCUT2D eigenvalue weighted by atomic mass is 10.2. The molecule has 0 saturated heterocycles. The summed E-state index contributed by atoms with van der Waals surface area (Å²) < 4.78 is 5.98. The zero-order valence-electron chi connectivity index (χ0n) is 13.8. The predicted molar refractivity (Wildman–Crippen MR) is 102 cm³/mol. The summed E-state index contributed by atoms with van der Waals surface area (Å²) in [6.45, 7) is 3.70. The van der Waals surface area contributed by atoms with E-state index in [4.69, 9.17) is 4.74 Å². The van der Waals surface area contributed by atoms with E-state index in [-0.39, 0.29) is 12.3 Å². The average Bonchev–Trinajstić information content (AvgIpc) is 2.89. The van der Waals surface area contributed by atoms with Crippen LogP contribution in [0.15, 0.2) is 29.0 Å². The molecule has 1 amide bonds. The van der Waals surface area contributed by atoms with Crippen LogP contribution in [0.4, 0.5) is 11.4 Å². The zero-order valence-corrected chi connectivity index (χ0v) is 16.2. The van der Waals surface area contributed by atoms with Crippen molar-refractivity contribution >= 4 is 54.8 Å². The normalized spacial score (nSPS) is 10.7. The second kappa shape index (κ2) is 7.34. The maximum Gasteiger partial charge on any atom is 0.270 e. The minimum absolute atomic E-state index is 0.0715. The van der Waals surface area contributed by atoms with E-state index in [0.717, 1.165) is 20.7 Å². The fourth-order valence-corrected chi connectivity index (χ4v) is 3.75. The molecule has 26 heavy (non-hydrogen) atoms. The number of benzene rings is 1. The first-order valence-corrected chi connectivity index (χ1v) is 9.05. The van der Waals surface area contributed by atoms with Gasteiger partial charge < -0.3 is 10.1 Å². The van der Waals surface area contributed by atoms with Crippen LogP contribution in [-0.4, -0.2) is 27.4 Å². The highest BCUT2D eigenvalue weighted by Crippen LogP contribution is 2.33. The fourth-order valence-electron chi connectivity index (χ4n) is 2.30. The van der Waals surface area contributed by atoms with Crippen LogP contribution >= 0.6 is 27.3 Å². The molecule has 0 saturated carbocycles. The summed E-state index contributed by atoms with van der Waals surface area (Å²) >= 11 is 4.75. The van der Waals surface area contributed by atoms with E-state index in [9.17, 15) is 14.9 Å². The Morgan fingerprint density at radius 3 is 2.85 bits per heavy atom. The number of fused-ring (bicyclic) bond motifs is 1. The van der Waals surface area contributed by atoms with Gasteiger partial charge >= 0.3 is 0 Å². The molecule has 1 N–H and O–H groups in total. The number of nitrogens with zero attached hydrogens (tertiary/aromatic N) is 3. The van der Waals surface area contributed by atoms with E-state index >= 15 is 0 Å². The molecule has 0 radical (unpaired) electrons. The molecule has 0 aliphatic carbocycles. The van der Waals surface area contributed by atoms with E-state index in [1.54, 1.807) is 11.3 Å². The molecular weight excluding hydrogens is 424 g/mol. The number of thiophene rings is 1. The molecule has 0 aliphatic heterocycles. The Kier molecular flexibility index (Phi) is 5.14. The van der Waals surface area contributed by atoms with Crippen LogP contribution < -0.4 is 10.1 Å². The van der Waals surface area contributed by atoms with Crippen molar-refractivity contribution < 1.29 is 14.5 Å². The number of ether oxygens (including phenoxy) is 1. The topological polar surface area (TPSA) is 107 Å². The molecular formula is C16H13BrN4O4S. The van der Waals surface area contributed by atoms with Gasteiger partial charge in [-0.3, -0.25) is 14.9 Å². The number of rotatable bonds is 5. The number of nitro groups is 1. The molecule has 10 heteroatoms. The Balaban J connectivity index is 1.71. The van der Waals surface area contributed by atoms with Crippen LogP contribution in [0.2, 0.25) is 0 Å². The van der Waals surface area contributed by atoms with E-state index < -0.39 is 10.8 Å². The summed E-state index contributed by atoms with van der Waals surface area (Å²) in [4.78, 5) is 32.7. The smallest absolute Gasteiger partial charge is 0.270 e. The Labute approximate surface area is 160 Å². The summed E-state index contributed by atoms with van der Waals surface area (Å²) in [5.74, 6) is -0.0503. The van der Waals surface area contributed by atoms with Gasteiger partial charge in [0, 0.05) is 21.5 Å². The minimum atomic E-state index is -0.509. The van der Waals surface area contributed by atoms with Gasteiger partial charge in [0.05, 0.1) is 16.0 Å². The Hall–Kier alpha value is -2.59. The van der Waals surface area contributed by atoms with Gasteiger partial charge in [-0.2, -0.15) is 0 Å². The number of anilines is 1. The van der Waals surface area contributed by atoms with Gasteiger partial charge in [-0.15, -0.1) is 11.3 Å². The van der Waals surface area contributed by atoms with Crippen molar-refractivity contribution in [3.63, 3.8) is 0 Å². The number of carbonyl (C=O) groups excluding carboxylic acids is 1. The molecule has 0 bridgehead atoms. The molecule has 0 atom stereocenters. The predicted octanol–water partition coefficient (Wildman–Crippen LogP) is 4.00. The second-order valence-corrected chi connectivity index (χ2v) is 7.46. The number of hydrogen-bond donors (Lipinski definition) is 1. The monoisotopic (exact) mass is 436 g/mol. The first-order chi connectivity index (χ1) is 12.4. The third-order valence-electron chi connectivity index (χ3n) is 3.71. The largest absolute Gasteiger partial charge is 0.467 e. The van der Waals surface area contributed by atoms with Crippen LogP contribution in [0.1, 0.15) is 10.4 Å². The third-order valence-corrected chi connectivity index (χ3v) is 5.48. The summed E-state index contributed by atoms with van der Waals surface area (Å²) in [6.07, 6.45) is 1.40. The molecule has 0 aliphatic rings. The van der Waals surface area contributed by atoms with Crippen molar-refractivity contribution in [3.05, 3.63) is 49.6 Å². The third kappa shape index (κ3) is 3.65. The van der Waals surface area contributed by atoms with Crippen LogP contribution in [0, 0.1) is 24.0 Å². The number of non-ortho nitro benzene ring substituents is 1. The van der Waals surface area contributed by atoms with Gasteiger partial charge in [0.1, 0.15) is 11.2 Å². The Morgan fingerprint density at radius 2 is 2.15 bits per heavy atom. The highest BCUT2D eigenvalue weighted by Gasteiger charge is 2.15. The van der Waals surface area contributed by atoms with Crippen molar-refractivity contribution in [1.82, 2.24) is 9.97 Å². The summed E-state index contributed by atoms with van der Waals surface area (Å²) in [6, 6.07) is 4.09.